The van der Waals surface area contributed by atoms with Crippen molar-refractivity contribution in [1.29, 1.82) is 0 Å². The lowest BCUT2D eigenvalue weighted by Crippen LogP contribution is -2.26. The van der Waals surface area contributed by atoms with Gasteiger partial charge in [0.15, 0.2) is 0 Å². The number of likely N-dealkylation sites (tertiary alicyclic amines) is 1. The summed E-state index contributed by atoms with van der Waals surface area (Å²) >= 11 is 6.06. The lowest BCUT2D eigenvalue weighted by molar-refractivity contribution is 0.228. The van der Waals surface area contributed by atoms with Gasteiger partial charge in [-0.15, -0.1) is 0 Å². The van der Waals surface area contributed by atoms with E-state index in [2.05, 4.69) is 4.90 Å². The fourth-order valence-electron chi connectivity index (χ4n) is 5.00. The minimum absolute atomic E-state index is 0.00399. The van der Waals surface area contributed by atoms with E-state index >= 15 is 0 Å². The summed E-state index contributed by atoms with van der Waals surface area (Å²) < 4.78 is 25.2. The number of hydrogen-bond donors (Lipinski definition) is 2. The number of halogens is 2. The minimum atomic E-state index is -0.462. The number of phenols is 2. The molecule has 1 fully saturated rings. The molecular formula is C29H29ClFNO4. The van der Waals surface area contributed by atoms with Crippen molar-refractivity contribution in [2.24, 2.45) is 5.92 Å². The van der Waals surface area contributed by atoms with Crippen LogP contribution in [0.2, 0.25) is 5.02 Å². The quantitative estimate of drug-likeness (QED) is 0.381. The highest BCUT2D eigenvalue weighted by molar-refractivity contribution is 6.32. The molecule has 36 heavy (non-hydrogen) atoms. The van der Waals surface area contributed by atoms with Crippen LogP contribution in [0.25, 0.3) is 11.1 Å². The normalized spacial score (nSPS) is 19.8. The largest absolute Gasteiger partial charge is 0.508 e. The molecule has 0 saturated carbocycles. The van der Waals surface area contributed by atoms with Gasteiger partial charge in [0.1, 0.15) is 35.7 Å². The first kappa shape index (κ1) is 24.5. The molecule has 0 aliphatic carbocycles. The first-order valence-corrected chi connectivity index (χ1v) is 12.5. The number of rotatable bonds is 7. The van der Waals surface area contributed by atoms with Crippen molar-refractivity contribution >= 4 is 22.7 Å². The number of fused-ring (bicyclic) bond motifs is 1. The van der Waals surface area contributed by atoms with Crippen LogP contribution in [0.5, 0.6) is 23.0 Å². The van der Waals surface area contributed by atoms with Crippen LogP contribution in [-0.4, -0.2) is 48.0 Å². The van der Waals surface area contributed by atoms with Gasteiger partial charge in [-0.25, -0.2) is 0 Å². The summed E-state index contributed by atoms with van der Waals surface area (Å²) in [5.41, 5.74) is 4.48. The fraction of sp³-hybridized carbons (Fsp3) is 0.310. The lowest BCUT2D eigenvalue weighted by atomic mass is 9.86. The Morgan fingerprint density at radius 1 is 1.08 bits per heavy atom. The number of phenolic OH excluding ortho intramolecular Hbond substituents is 2. The van der Waals surface area contributed by atoms with Crippen molar-refractivity contribution in [2.75, 3.05) is 32.9 Å². The maximum absolute atomic E-state index is 12.8. The highest BCUT2D eigenvalue weighted by Gasteiger charge is 2.30. The molecule has 0 bridgehead atoms. The van der Waals surface area contributed by atoms with Crippen LogP contribution in [0.3, 0.4) is 0 Å². The molecule has 5 nitrogen and oxygen atoms in total. The molecule has 188 valence electrons. The molecule has 0 spiro atoms. The third-order valence-corrected chi connectivity index (χ3v) is 7.30. The first-order chi connectivity index (χ1) is 17.4. The molecule has 0 radical (unpaired) electrons. The monoisotopic (exact) mass is 509 g/mol. The predicted octanol–water partition coefficient (Wildman–Crippen LogP) is 6.49. The average molecular weight is 510 g/mol. The van der Waals surface area contributed by atoms with E-state index in [1.807, 2.05) is 43.3 Å². The maximum atomic E-state index is 12.8. The van der Waals surface area contributed by atoms with E-state index in [1.165, 1.54) is 0 Å². The summed E-state index contributed by atoms with van der Waals surface area (Å²) in [6.45, 7) is 4.79. The molecule has 1 saturated heterocycles. The summed E-state index contributed by atoms with van der Waals surface area (Å²) in [5, 5.41) is 20.6. The van der Waals surface area contributed by atoms with Crippen LogP contribution in [0, 0.1) is 5.92 Å². The first-order valence-electron chi connectivity index (χ1n) is 12.1. The average Bonchev–Trinajstić information content (AvgIpc) is 3.34. The lowest BCUT2D eigenvalue weighted by Gasteiger charge is -2.31. The van der Waals surface area contributed by atoms with Gasteiger partial charge in [-0.2, -0.15) is 0 Å². The second-order valence-electron chi connectivity index (χ2n) is 9.41. The predicted molar refractivity (Wildman–Crippen MR) is 140 cm³/mol. The molecule has 2 N–H and O–H groups in total. The van der Waals surface area contributed by atoms with Gasteiger partial charge in [-0.3, -0.25) is 9.29 Å². The molecule has 5 rings (SSSR count). The van der Waals surface area contributed by atoms with E-state index in [-0.39, 0.29) is 29.1 Å². The second kappa shape index (κ2) is 10.4. The summed E-state index contributed by atoms with van der Waals surface area (Å²) in [6, 6.07) is 18.0. The Hall–Kier alpha value is -3.22. The topological polar surface area (TPSA) is 62.2 Å². The van der Waals surface area contributed by atoms with Crippen LogP contribution < -0.4 is 9.47 Å². The molecule has 2 aliphatic heterocycles. The van der Waals surface area contributed by atoms with Gasteiger partial charge in [0, 0.05) is 36.2 Å². The molecule has 2 atom stereocenters. The smallest absolute Gasteiger partial charge is 0.150 e. The van der Waals surface area contributed by atoms with Gasteiger partial charge in [-0.1, -0.05) is 29.8 Å². The number of allylic oxidation sites excluding steroid dienone is 1. The zero-order valence-corrected chi connectivity index (χ0v) is 20.8. The molecule has 2 aliphatic rings. The summed E-state index contributed by atoms with van der Waals surface area (Å²) in [4.78, 5) is 2.24. The van der Waals surface area contributed by atoms with E-state index in [0.717, 1.165) is 59.6 Å². The van der Waals surface area contributed by atoms with E-state index in [0.29, 0.717) is 12.4 Å². The van der Waals surface area contributed by atoms with Gasteiger partial charge in [-0.05, 0) is 73.0 Å². The van der Waals surface area contributed by atoms with Crippen molar-refractivity contribution in [3.8, 4) is 23.0 Å². The SMILES string of the molecule is CC1=C(c2ccc(Cl)c(O)c2)C(c2ccc(OCCN3CC[C@@H](CF)C3)cc2)Oc2cc(O)ccc21. The van der Waals surface area contributed by atoms with Crippen molar-refractivity contribution in [2.45, 2.75) is 19.4 Å². The van der Waals surface area contributed by atoms with Crippen LogP contribution in [0.15, 0.2) is 60.7 Å². The Balaban J connectivity index is 1.38. The van der Waals surface area contributed by atoms with Crippen LogP contribution in [0.4, 0.5) is 4.39 Å². The van der Waals surface area contributed by atoms with Gasteiger partial charge in [0.25, 0.3) is 0 Å². The number of benzene rings is 3. The molecule has 3 aromatic carbocycles. The third-order valence-electron chi connectivity index (χ3n) is 6.98. The Kier molecular flexibility index (Phi) is 7.08. The number of aromatic hydroxyl groups is 2. The standard InChI is InChI=1S/C29H29ClFNO4/c1-18-24-8-5-22(33)15-27(24)36-29(28(18)21-4-9-25(30)26(34)14-21)20-2-6-23(7-3-20)35-13-12-32-11-10-19(16-31)17-32/h2-9,14-15,19,29,33-34H,10-13,16-17H2,1H3/t19-,29?/m0/s1. The molecule has 2 heterocycles. The molecule has 7 heteroatoms. The van der Waals surface area contributed by atoms with Crippen molar-refractivity contribution in [1.82, 2.24) is 4.90 Å². The van der Waals surface area contributed by atoms with Crippen LogP contribution >= 0.6 is 11.6 Å². The molecule has 0 amide bonds. The zero-order chi connectivity index (χ0) is 25.2. The maximum Gasteiger partial charge on any atom is 0.150 e. The van der Waals surface area contributed by atoms with E-state index < -0.39 is 6.10 Å². The van der Waals surface area contributed by atoms with Crippen molar-refractivity contribution < 1.29 is 24.1 Å². The summed E-state index contributed by atoms with van der Waals surface area (Å²) in [6.07, 6.45) is 0.449. The summed E-state index contributed by atoms with van der Waals surface area (Å²) in [7, 11) is 0. The summed E-state index contributed by atoms with van der Waals surface area (Å²) in [5.74, 6) is 1.63. The molecule has 3 aromatic rings. The Morgan fingerprint density at radius 3 is 2.61 bits per heavy atom. The Bertz CT molecular complexity index is 1280. The van der Waals surface area contributed by atoms with Gasteiger partial charge < -0.3 is 19.7 Å². The van der Waals surface area contributed by atoms with Crippen LogP contribution in [0.1, 0.15) is 36.1 Å². The van der Waals surface area contributed by atoms with Gasteiger partial charge >= 0.3 is 0 Å². The van der Waals surface area contributed by atoms with E-state index in [9.17, 15) is 14.6 Å². The van der Waals surface area contributed by atoms with Gasteiger partial charge in [0.2, 0.25) is 0 Å². The fourth-order valence-corrected chi connectivity index (χ4v) is 5.12. The number of ether oxygens (including phenoxy) is 2. The second-order valence-corrected chi connectivity index (χ2v) is 9.82. The van der Waals surface area contributed by atoms with Gasteiger partial charge in [0.05, 0.1) is 11.7 Å². The van der Waals surface area contributed by atoms with Crippen LogP contribution in [-0.2, 0) is 0 Å². The Morgan fingerprint density at radius 2 is 1.89 bits per heavy atom. The molecule has 0 aromatic heterocycles. The third kappa shape index (κ3) is 5.01. The molecular weight excluding hydrogens is 481 g/mol. The molecule has 1 unspecified atom stereocenters. The number of hydrogen-bond acceptors (Lipinski definition) is 5. The van der Waals surface area contributed by atoms with Crippen molar-refractivity contribution in [3.05, 3.63) is 82.4 Å². The van der Waals surface area contributed by atoms with Crippen molar-refractivity contribution in [3.63, 3.8) is 0 Å². The highest BCUT2D eigenvalue weighted by atomic mass is 35.5. The zero-order valence-electron chi connectivity index (χ0n) is 20.1. The number of alkyl halides is 1. The van der Waals surface area contributed by atoms with E-state index in [1.54, 1.807) is 24.3 Å². The highest BCUT2D eigenvalue weighted by Crippen LogP contribution is 2.48. The number of nitrogens with zero attached hydrogens (tertiary/aromatic N) is 1. The minimum Gasteiger partial charge on any atom is -0.508 e. The van der Waals surface area contributed by atoms with E-state index in [4.69, 9.17) is 21.1 Å². The Labute approximate surface area is 215 Å².